The smallest absolute Gasteiger partial charge is 0.0503 e. The second-order valence-corrected chi connectivity index (χ2v) is 7.22. The van der Waals surface area contributed by atoms with Gasteiger partial charge in [0.1, 0.15) is 0 Å². The van der Waals surface area contributed by atoms with Crippen LogP contribution in [0.1, 0.15) is 30.7 Å². The number of benzene rings is 1. The first-order valence-corrected chi connectivity index (χ1v) is 8.65. The van der Waals surface area contributed by atoms with E-state index in [1.807, 2.05) is 24.5 Å². The van der Waals surface area contributed by atoms with Gasteiger partial charge in [0.25, 0.3) is 0 Å². The minimum Gasteiger partial charge on any atom is -0.312 e. The second-order valence-electron chi connectivity index (χ2n) is 4.46. The van der Waals surface area contributed by atoms with Crippen LogP contribution < -0.4 is 5.32 Å². The van der Waals surface area contributed by atoms with Crippen LogP contribution in [0, 0.1) is 3.57 Å². The molecule has 0 bridgehead atoms. The Morgan fingerprint density at radius 1 is 1.32 bits per heavy atom. The third kappa shape index (κ3) is 3.72. The second kappa shape index (κ2) is 7.07. The Hall–Kier alpha value is -0.100. The Balaban J connectivity index is 2.29. The van der Waals surface area contributed by atoms with Gasteiger partial charge in [0.2, 0.25) is 0 Å². The molecule has 1 aromatic heterocycles. The molecule has 102 valence electrons. The quantitative estimate of drug-likeness (QED) is 0.626. The number of hydrogen-bond acceptors (Lipinski definition) is 2. The molecule has 0 saturated carbocycles. The summed E-state index contributed by atoms with van der Waals surface area (Å²) in [6.07, 6.45) is 2.35. The van der Waals surface area contributed by atoms with Gasteiger partial charge in [0.05, 0.1) is 5.02 Å². The first kappa shape index (κ1) is 15.3. The monoisotopic (exact) mass is 405 g/mol. The minimum absolute atomic E-state index is 0.450. The van der Waals surface area contributed by atoms with E-state index in [9.17, 15) is 0 Å². The summed E-state index contributed by atoms with van der Waals surface area (Å²) in [4.78, 5) is 2.63. The third-order valence-electron chi connectivity index (χ3n) is 3.09. The molecule has 0 fully saturated rings. The van der Waals surface area contributed by atoms with Crippen molar-refractivity contribution < 1.29 is 0 Å². The average Bonchev–Trinajstić information content (AvgIpc) is 2.85. The van der Waals surface area contributed by atoms with Gasteiger partial charge in [-0.2, -0.15) is 0 Å². The van der Waals surface area contributed by atoms with Gasteiger partial charge < -0.3 is 5.32 Å². The minimum atomic E-state index is 0.450. The number of rotatable bonds is 5. The van der Waals surface area contributed by atoms with Gasteiger partial charge in [-0.25, -0.2) is 0 Å². The van der Waals surface area contributed by atoms with Crippen molar-refractivity contribution in [1.29, 1.82) is 0 Å². The first-order valence-electron chi connectivity index (χ1n) is 6.38. The summed E-state index contributed by atoms with van der Waals surface area (Å²) in [6, 6.07) is 11.1. The van der Waals surface area contributed by atoms with E-state index in [0.29, 0.717) is 6.04 Å². The molecule has 0 saturated heterocycles. The molecule has 0 spiro atoms. The van der Waals surface area contributed by atoms with E-state index in [-0.39, 0.29) is 0 Å². The molecule has 0 aliphatic carbocycles. The van der Waals surface area contributed by atoms with Crippen LogP contribution in [0.5, 0.6) is 0 Å². The molecule has 0 radical (unpaired) electrons. The molecule has 2 rings (SSSR count). The molecule has 1 atom stereocenters. The Labute approximate surface area is 137 Å². The first-order chi connectivity index (χ1) is 9.15. The summed E-state index contributed by atoms with van der Waals surface area (Å²) >= 11 is 10.4. The van der Waals surface area contributed by atoms with Gasteiger partial charge in [0, 0.05) is 24.9 Å². The molecule has 19 heavy (non-hydrogen) atoms. The zero-order valence-electron chi connectivity index (χ0n) is 11.0. The van der Waals surface area contributed by atoms with Crippen molar-refractivity contribution >= 4 is 45.5 Å². The van der Waals surface area contributed by atoms with E-state index < -0.39 is 0 Å². The maximum absolute atomic E-state index is 6.33. The molecule has 1 unspecified atom stereocenters. The summed E-state index contributed by atoms with van der Waals surface area (Å²) in [7, 11) is 2.03. The zero-order chi connectivity index (χ0) is 13.8. The Kier molecular flexibility index (Phi) is 5.69. The highest BCUT2D eigenvalue weighted by Gasteiger charge is 2.13. The van der Waals surface area contributed by atoms with Crippen molar-refractivity contribution in [3.05, 3.63) is 43.8 Å². The van der Waals surface area contributed by atoms with Crippen molar-refractivity contribution in [3.8, 4) is 10.4 Å². The number of thiophene rings is 1. The van der Waals surface area contributed by atoms with Crippen LogP contribution in [0.15, 0.2) is 30.3 Å². The molecular weight excluding hydrogens is 389 g/mol. The number of hydrogen-bond donors (Lipinski definition) is 1. The van der Waals surface area contributed by atoms with Crippen LogP contribution in [-0.4, -0.2) is 7.05 Å². The fraction of sp³-hybridized carbons (Fsp3) is 0.333. The maximum Gasteiger partial charge on any atom is 0.0503 e. The fourth-order valence-electron chi connectivity index (χ4n) is 2.09. The van der Waals surface area contributed by atoms with E-state index in [1.165, 1.54) is 19.7 Å². The van der Waals surface area contributed by atoms with E-state index >= 15 is 0 Å². The van der Waals surface area contributed by atoms with Crippen LogP contribution in [0.25, 0.3) is 10.4 Å². The lowest BCUT2D eigenvalue weighted by atomic mass is 10.1. The highest BCUT2D eigenvalue weighted by molar-refractivity contribution is 14.1. The molecular formula is C15H17ClINS. The Bertz CT molecular complexity index is 553. The summed E-state index contributed by atoms with van der Waals surface area (Å²) in [5.74, 6) is 0. The van der Waals surface area contributed by atoms with Gasteiger partial charge in [0.15, 0.2) is 0 Å². The van der Waals surface area contributed by atoms with Crippen molar-refractivity contribution in [2.75, 3.05) is 7.05 Å². The van der Waals surface area contributed by atoms with Crippen LogP contribution in [0.2, 0.25) is 5.02 Å². The molecule has 1 heterocycles. The van der Waals surface area contributed by atoms with E-state index in [2.05, 4.69) is 59.1 Å². The fourth-order valence-corrected chi connectivity index (χ4v) is 4.30. The van der Waals surface area contributed by atoms with Gasteiger partial charge in [-0.05, 0) is 60.3 Å². The standard InChI is InChI=1S/C15H17ClINS/c1-3-4-13(18-2)15-8-7-14(19-15)11-6-5-10(17)9-12(11)16/h5-9,13,18H,3-4H2,1-2H3. The molecule has 0 aliphatic rings. The van der Waals surface area contributed by atoms with Gasteiger partial charge >= 0.3 is 0 Å². The van der Waals surface area contributed by atoms with Crippen LogP contribution >= 0.6 is 45.5 Å². The zero-order valence-corrected chi connectivity index (χ0v) is 14.8. The Morgan fingerprint density at radius 2 is 2.11 bits per heavy atom. The normalized spacial score (nSPS) is 12.6. The lowest BCUT2D eigenvalue weighted by molar-refractivity contribution is 0.550. The van der Waals surface area contributed by atoms with Gasteiger partial charge in [-0.1, -0.05) is 31.0 Å². The van der Waals surface area contributed by atoms with Crippen LogP contribution in [0.4, 0.5) is 0 Å². The Morgan fingerprint density at radius 3 is 2.74 bits per heavy atom. The van der Waals surface area contributed by atoms with Crippen molar-refractivity contribution in [2.45, 2.75) is 25.8 Å². The molecule has 0 aliphatic heterocycles. The SMILES string of the molecule is CCCC(NC)c1ccc(-c2ccc(I)cc2Cl)s1. The highest BCUT2D eigenvalue weighted by atomic mass is 127. The van der Waals surface area contributed by atoms with E-state index in [0.717, 1.165) is 17.0 Å². The number of halogens is 2. The largest absolute Gasteiger partial charge is 0.312 e. The molecule has 1 N–H and O–H groups in total. The van der Waals surface area contributed by atoms with Gasteiger partial charge in [-0.15, -0.1) is 11.3 Å². The molecule has 1 aromatic carbocycles. The molecule has 2 aromatic rings. The topological polar surface area (TPSA) is 12.0 Å². The summed E-state index contributed by atoms with van der Waals surface area (Å²) in [5, 5.41) is 4.21. The summed E-state index contributed by atoms with van der Waals surface area (Å²) < 4.78 is 1.17. The van der Waals surface area contributed by atoms with Crippen LogP contribution in [0.3, 0.4) is 0 Å². The van der Waals surface area contributed by atoms with Crippen molar-refractivity contribution in [2.24, 2.45) is 0 Å². The van der Waals surface area contributed by atoms with Crippen molar-refractivity contribution in [1.82, 2.24) is 5.32 Å². The lowest BCUT2D eigenvalue weighted by Gasteiger charge is -2.12. The maximum atomic E-state index is 6.33. The highest BCUT2D eigenvalue weighted by Crippen LogP contribution is 2.36. The lowest BCUT2D eigenvalue weighted by Crippen LogP contribution is -2.14. The average molecular weight is 406 g/mol. The van der Waals surface area contributed by atoms with Crippen LogP contribution in [-0.2, 0) is 0 Å². The molecule has 1 nitrogen and oxygen atoms in total. The van der Waals surface area contributed by atoms with E-state index in [1.54, 1.807) is 0 Å². The van der Waals surface area contributed by atoms with Gasteiger partial charge in [-0.3, -0.25) is 0 Å². The molecule has 0 amide bonds. The summed E-state index contributed by atoms with van der Waals surface area (Å²) in [5.41, 5.74) is 1.13. The third-order valence-corrected chi connectivity index (χ3v) is 5.31. The summed E-state index contributed by atoms with van der Waals surface area (Å²) in [6.45, 7) is 2.22. The predicted octanol–water partition coefficient (Wildman–Crippen LogP) is 5.73. The van der Waals surface area contributed by atoms with E-state index in [4.69, 9.17) is 11.6 Å². The number of nitrogens with one attached hydrogen (secondary N) is 1. The van der Waals surface area contributed by atoms with Crippen molar-refractivity contribution in [3.63, 3.8) is 0 Å². The molecule has 4 heteroatoms. The predicted molar refractivity (Wildman–Crippen MR) is 94.2 cm³/mol.